The standard InChI is InChI=1S/C8H9N3S2/c1-3-4-12-8-6(5-9)7(10-2)13-11-8/h3,10H,1,4H2,2H3. The van der Waals surface area contributed by atoms with Crippen LogP contribution < -0.4 is 5.32 Å². The summed E-state index contributed by atoms with van der Waals surface area (Å²) < 4.78 is 4.17. The topological polar surface area (TPSA) is 48.7 Å². The first-order valence-corrected chi connectivity index (χ1v) is 5.40. The van der Waals surface area contributed by atoms with Crippen molar-refractivity contribution in [2.45, 2.75) is 5.03 Å². The van der Waals surface area contributed by atoms with Gasteiger partial charge in [-0.1, -0.05) is 17.8 Å². The van der Waals surface area contributed by atoms with Gasteiger partial charge in [-0.2, -0.15) is 9.64 Å². The second-order valence-corrected chi connectivity index (χ2v) is 3.94. The van der Waals surface area contributed by atoms with E-state index >= 15 is 0 Å². The van der Waals surface area contributed by atoms with Crippen molar-refractivity contribution in [3.05, 3.63) is 18.2 Å². The Morgan fingerprint density at radius 2 is 2.62 bits per heavy atom. The molecule has 0 radical (unpaired) electrons. The molecule has 0 amide bonds. The lowest BCUT2D eigenvalue weighted by atomic mass is 10.4. The molecule has 68 valence electrons. The van der Waals surface area contributed by atoms with Gasteiger partial charge in [0.05, 0.1) is 0 Å². The third kappa shape index (κ3) is 2.23. The van der Waals surface area contributed by atoms with E-state index in [1.54, 1.807) is 13.1 Å². The van der Waals surface area contributed by atoms with Gasteiger partial charge in [-0.15, -0.1) is 6.58 Å². The molecule has 0 aliphatic heterocycles. The van der Waals surface area contributed by atoms with E-state index in [0.29, 0.717) is 5.56 Å². The SMILES string of the molecule is C=CCSc1nsc(NC)c1C#N. The molecule has 1 heterocycles. The maximum atomic E-state index is 8.86. The van der Waals surface area contributed by atoms with Crippen molar-refractivity contribution in [1.29, 1.82) is 5.26 Å². The van der Waals surface area contributed by atoms with E-state index in [1.807, 2.05) is 0 Å². The summed E-state index contributed by atoms with van der Waals surface area (Å²) in [5.41, 5.74) is 0.638. The molecule has 1 N–H and O–H groups in total. The Morgan fingerprint density at radius 1 is 1.85 bits per heavy atom. The molecule has 0 fully saturated rings. The van der Waals surface area contributed by atoms with Gasteiger partial charge in [-0.3, -0.25) is 0 Å². The highest BCUT2D eigenvalue weighted by Gasteiger charge is 2.11. The molecule has 0 saturated carbocycles. The molecule has 0 saturated heterocycles. The number of nitrogens with zero attached hydrogens (tertiary/aromatic N) is 2. The molecule has 0 unspecified atom stereocenters. The first-order chi connectivity index (χ1) is 6.33. The average molecular weight is 211 g/mol. The number of anilines is 1. The minimum absolute atomic E-state index is 0.638. The molecule has 0 aromatic carbocycles. The Bertz CT molecular complexity index is 338. The Hall–Kier alpha value is -0.990. The molecular weight excluding hydrogens is 202 g/mol. The van der Waals surface area contributed by atoms with Gasteiger partial charge >= 0.3 is 0 Å². The highest BCUT2D eigenvalue weighted by atomic mass is 32.2. The van der Waals surface area contributed by atoms with Crippen LogP contribution in [0.1, 0.15) is 5.56 Å². The first-order valence-electron chi connectivity index (χ1n) is 3.64. The highest BCUT2D eigenvalue weighted by molar-refractivity contribution is 7.99. The number of thioether (sulfide) groups is 1. The van der Waals surface area contributed by atoms with Gasteiger partial charge in [0.1, 0.15) is 21.7 Å². The molecule has 0 spiro atoms. The van der Waals surface area contributed by atoms with Gasteiger partial charge in [0.15, 0.2) is 0 Å². The number of hydrogen-bond donors (Lipinski definition) is 1. The molecule has 0 atom stereocenters. The monoisotopic (exact) mass is 211 g/mol. The van der Waals surface area contributed by atoms with E-state index < -0.39 is 0 Å². The number of aromatic nitrogens is 1. The van der Waals surface area contributed by atoms with Crippen LogP contribution in [0.3, 0.4) is 0 Å². The normalized spacial score (nSPS) is 9.23. The van der Waals surface area contributed by atoms with E-state index in [-0.39, 0.29) is 0 Å². The number of nitriles is 1. The van der Waals surface area contributed by atoms with Crippen molar-refractivity contribution in [2.24, 2.45) is 0 Å². The summed E-state index contributed by atoms with van der Waals surface area (Å²) in [6, 6.07) is 2.13. The molecule has 3 nitrogen and oxygen atoms in total. The zero-order valence-corrected chi connectivity index (χ0v) is 8.84. The van der Waals surface area contributed by atoms with Crippen LogP contribution in [-0.2, 0) is 0 Å². The fourth-order valence-electron chi connectivity index (χ4n) is 0.781. The van der Waals surface area contributed by atoms with Crippen LogP contribution in [0.5, 0.6) is 0 Å². The third-order valence-corrected chi connectivity index (χ3v) is 3.29. The molecule has 1 aromatic rings. The maximum Gasteiger partial charge on any atom is 0.130 e. The zero-order chi connectivity index (χ0) is 9.68. The van der Waals surface area contributed by atoms with Crippen LogP contribution in [-0.4, -0.2) is 17.2 Å². The van der Waals surface area contributed by atoms with E-state index in [1.165, 1.54) is 23.3 Å². The molecule has 0 bridgehead atoms. The Labute approximate surface area is 85.6 Å². The zero-order valence-electron chi connectivity index (χ0n) is 7.20. The van der Waals surface area contributed by atoms with Gasteiger partial charge in [-0.25, -0.2) is 0 Å². The summed E-state index contributed by atoms with van der Waals surface area (Å²) in [6.45, 7) is 3.61. The van der Waals surface area contributed by atoms with Crippen LogP contribution in [0.4, 0.5) is 5.00 Å². The van der Waals surface area contributed by atoms with Crippen molar-refractivity contribution >= 4 is 28.3 Å². The van der Waals surface area contributed by atoms with Crippen molar-refractivity contribution in [3.63, 3.8) is 0 Å². The second-order valence-electron chi connectivity index (χ2n) is 2.15. The largest absolute Gasteiger partial charge is 0.378 e. The van der Waals surface area contributed by atoms with Gasteiger partial charge < -0.3 is 5.32 Å². The van der Waals surface area contributed by atoms with Gasteiger partial charge in [0.2, 0.25) is 0 Å². The minimum atomic E-state index is 0.638. The Kier molecular flexibility index (Phi) is 3.80. The van der Waals surface area contributed by atoms with Gasteiger partial charge in [0.25, 0.3) is 0 Å². The summed E-state index contributed by atoms with van der Waals surface area (Å²) in [5, 5.41) is 13.4. The van der Waals surface area contributed by atoms with Crippen molar-refractivity contribution < 1.29 is 0 Å². The van der Waals surface area contributed by atoms with E-state index in [0.717, 1.165) is 15.8 Å². The van der Waals surface area contributed by atoms with Crippen molar-refractivity contribution in [2.75, 3.05) is 18.1 Å². The van der Waals surface area contributed by atoms with Crippen LogP contribution in [0.25, 0.3) is 0 Å². The lowest BCUT2D eigenvalue weighted by Gasteiger charge is -1.94. The summed E-state index contributed by atoms with van der Waals surface area (Å²) in [7, 11) is 1.79. The summed E-state index contributed by atoms with van der Waals surface area (Å²) >= 11 is 2.84. The maximum absolute atomic E-state index is 8.86. The fourth-order valence-corrected chi connectivity index (χ4v) is 2.33. The molecule has 0 aliphatic rings. The first kappa shape index (κ1) is 10.1. The summed E-state index contributed by atoms with van der Waals surface area (Å²) in [4.78, 5) is 0. The summed E-state index contributed by atoms with van der Waals surface area (Å²) in [5.74, 6) is 0.779. The average Bonchev–Trinajstić information content (AvgIpc) is 2.56. The third-order valence-electron chi connectivity index (χ3n) is 1.34. The van der Waals surface area contributed by atoms with Crippen LogP contribution in [0.15, 0.2) is 17.7 Å². The van der Waals surface area contributed by atoms with Crippen LogP contribution in [0, 0.1) is 11.3 Å². The van der Waals surface area contributed by atoms with Crippen LogP contribution in [0.2, 0.25) is 0 Å². The molecule has 5 heteroatoms. The number of hydrogen-bond acceptors (Lipinski definition) is 5. The molecular formula is C8H9N3S2. The lowest BCUT2D eigenvalue weighted by Crippen LogP contribution is -1.87. The molecule has 1 aromatic heterocycles. The van der Waals surface area contributed by atoms with E-state index in [2.05, 4.69) is 22.3 Å². The van der Waals surface area contributed by atoms with Crippen molar-refractivity contribution in [1.82, 2.24) is 4.37 Å². The van der Waals surface area contributed by atoms with E-state index in [4.69, 9.17) is 5.26 Å². The minimum Gasteiger partial charge on any atom is -0.378 e. The molecule has 0 aliphatic carbocycles. The highest BCUT2D eigenvalue weighted by Crippen LogP contribution is 2.30. The lowest BCUT2D eigenvalue weighted by molar-refractivity contribution is 1.25. The predicted octanol–water partition coefficient (Wildman–Crippen LogP) is 2.33. The number of nitrogens with one attached hydrogen (secondary N) is 1. The van der Waals surface area contributed by atoms with Crippen LogP contribution >= 0.6 is 23.3 Å². The summed E-state index contributed by atoms with van der Waals surface area (Å²) in [6.07, 6.45) is 1.80. The Morgan fingerprint density at radius 3 is 3.15 bits per heavy atom. The Balaban J connectivity index is 2.89. The molecule has 13 heavy (non-hydrogen) atoms. The van der Waals surface area contributed by atoms with E-state index in [9.17, 15) is 0 Å². The quantitative estimate of drug-likeness (QED) is 0.613. The second kappa shape index (κ2) is 4.90. The number of rotatable bonds is 4. The fraction of sp³-hybridized carbons (Fsp3) is 0.250. The van der Waals surface area contributed by atoms with Gasteiger partial charge in [0, 0.05) is 12.8 Å². The predicted molar refractivity (Wildman–Crippen MR) is 57.3 cm³/mol. The van der Waals surface area contributed by atoms with Gasteiger partial charge in [-0.05, 0) is 11.5 Å². The van der Waals surface area contributed by atoms with Crippen molar-refractivity contribution in [3.8, 4) is 6.07 Å². The molecule has 1 rings (SSSR count). The smallest absolute Gasteiger partial charge is 0.130 e.